The Labute approximate surface area is 162 Å². The summed E-state index contributed by atoms with van der Waals surface area (Å²) < 4.78 is 15.1. The second-order valence-corrected chi connectivity index (χ2v) is 7.54. The first-order valence-corrected chi connectivity index (χ1v) is 9.40. The summed E-state index contributed by atoms with van der Waals surface area (Å²) in [7, 11) is 0. The minimum Gasteiger partial charge on any atom is -0.344 e. The Morgan fingerprint density at radius 1 is 1.14 bits per heavy atom. The van der Waals surface area contributed by atoms with Gasteiger partial charge in [-0.05, 0) is 50.5 Å². The van der Waals surface area contributed by atoms with Crippen LogP contribution in [0.4, 0.5) is 9.18 Å². The van der Waals surface area contributed by atoms with E-state index in [1.54, 1.807) is 23.1 Å². The normalized spacial score (nSPS) is 17.0. The Kier molecular flexibility index (Phi) is 4.53. The molecule has 1 aliphatic heterocycles. The molecule has 0 spiro atoms. The number of hydrogen-bond donors (Lipinski definition) is 0. The van der Waals surface area contributed by atoms with Crippen molar-refractivity contribution < 1.29 is 18.8 Å². The minimum atomic E-state index is -0.360. The summed E-state index contributed by atoms with van der Waals surface area (Å²) in [6.45, 7) is 4.09. The summed E-state index contributed by atoms with van der Waals surface area (Å²) in [5.74, 6) is -0.857. The van der Waals surface area contributed by atoms with E-state index < -0.39 is 0 Å². The summed E-state index contributed by atoms with van der Waals surface area (Å²) in [6.07, 6.45) is 1.84. The number of aryl methyl sites for hydroxylation is 1. The predicted molar refractivity (Wildman–Crippen MR) is 101 cm³/mol. The maximum absolute atomic E-state index is 13.1. The molecule has 0 unspecified atom stereocenters. The number of rotatable bonds is 6. The molecule has 7 heteroatoms. The highest BCUT2D eigenvalue weighted by Crippen LogP contribution is 2.30. The molecule has 28 heavy (non-hydrogen) atoms. The predicted octanol–water partition coefficient (Wildman–Crippen LogP) is 2.90. The summed E-state index contributed by atoms with van der Waals surface area (Å²) in [4.78, 5) is 40.1. The number of Topliss-reactive ketones (excluding diaryl/α,β-unsaturated/α-hetero) is 1. The average Bonchev–Trinajstić information content (AvgIpc) is 3.42. The highest BCUT2D eigenvalue weighted by Gasteiger charge is 2.44. The number of aromatic nitrogens is 1. The number of nitrogens with zero attached hydrogens (tertiary/aromatic N) is 3. The van der Waals surface area contributed by atoms with Crippen molar-refractivity contribution in [3.8, 4) is 0 Å². The first-order chi connectivity index (χ1) is 13.3. The van der Waals surface area contributed by atoms with E-state index in [1.807, 2.05) is 18.4 Å². The Hall–Kier alpha value is -2.96. The highest BCUT2D eigenvalue weighted by molar-refractivity contribution is 6.08. The summed E-state index contributed by atoms with van der Waals surface area (Å²) in [6, 6.07) is 7.81. The van der Waals surface area contributed by atoms with E-state index in [0.29, 0.717) is 12.1 Å². The third-order valence-corrected chi connectivity index (χ3v) is 5.50. The Bertz CT molecular complexity index is 960. The number of halogens is 1. The van der Waals surface area contributed by atoms with Crippen LogP contribution in [-0.4, -0.2) is 51.2 Å². The fraction of sp³-hybridized carbons (Fsp3) is 0.381. The van der Waals surface area contributed by atoms with E-state index in [4.69, 9.17) is 0 Å². The van der Waals surface area contributed by atoms with Gasteiger partial charge in [0.1, 0.15) is 12.4 Å². The van der Waals surface area contributed by atoms with Gasteiger partial charge < -0.3 is 9.47 Å². The van der Waals surface area contributed by atoms with Crippen molar-refractivity contribution in [3.05, 3.63) is 58.7 Å². The lowest BCUT2D eigenvalue weighted by Gasteiger charge is -2.16. The molecule has 1 aromatic carbocycles. The largest absolute Gasteiger partial charge is 0.344 e. The Balaban J connectivity index is 1.51. The van der Waals surface area contributed by atoms with Gasteiger partial charge in [0.25, 0.3) is 5.91 Å². The van der Waals surface area contributed by atoms with Crippen molar-refractivity contribution in [3.63, 3.8) is 0 Å². The van der Waals surface area contributed by atoms with E-state index in [-0.39, 0.29) is 42.7 Å². The van der Waals surface area contributed by atoms with E-state index >= 15 is 0 Å². The molecule has 0 atom stereocenters. The fourth-order valence-electron chi connectivity index (χ4n) is 3.72. The first kappa shape index (κ1) is 18.4. The molecule has 4 rings (SSSR count). The molecule has 1 aromatic heterocycles. The molecule has 2 aromatic rings. The molecule has 1 saturated carbocycles. The monoisotopic (exact) mass is 383 g/mol. The van der Waals surface area contributed by atoms with Crippen molar-refractivity contribution in [2.45, 2.75) is 39.3 Å². The maximum Gasteiger partial charge on any atom is 0.327 e. The van der Waals surface area contributed by atoms with Crippen LogP contribution < -0.4 is 0 Å². The third kappa shape index (κ3) is 3.32. The lowest BCUT2D eigenvalue weighted by Crippen LogP contribution is -2.37. The zero-order chi connectivity index (χ0) is 20.0. The lowest BCUT2D eigenvalue weighted by atomic mass is 10.1. The molecule has 0 N–H and O–H groups in total. The number of carbonyl (C=O) groups is 3. The average molecular weight is 383 g/mol. The van der Waals surface area contributed by atoms with Crippen LogP contribution in [0.3, 0.4) is 0 Å². The van der Waals surface area contributed by atoms with Crippen LogP contribution >= 0.6 is 0 Å². The zero-order valence-electron chi connectivity index (χ0n) is 15.9. The van der Waals surface area contributed by atoms with Crippen molar-refractivity contribution in [1.29, 1.82) is 0 Å². The van der Waals surface area contributed by atoms with Crippen molar-refractivity contribution in [1.82, 2.24) is 14.4 Å². The summed E-state index contributed by atoms with van der Waals surface area (Å²) in [5.41, 5.74) is 3.09. The molecule has 1 saturated heterocycles. The third-order valence-electron chi connectivity index (χ3n) is 5.50. The standard InChI is InChI=1S/C21H22FN3O3/c1-13-9-18(14(2)23(13)10-15-3-5-16(22)6-4-15)19(26)11-25-20(27)12-24(21(25)28)17-7-8-17/h3-6,9,17H,7-8,10-12H2,1-2H3. The topological polar surface area (TPSA) is 62.6 Å². The number of hydrogen-bond acceptors (Lipinski definition) is 3. The minimum absolute atomic E-state index is 0.0698. The fourth-order valence-corrected chi connectivity index (χ4v) is 3.72. The molecule has 3 amide bonds. The smallest absolute Gasteiger partial charge is 0.327 e. The molecule has 2 fully saturated rings. The molecule has 0 radical (unpaired) electrons. The van der Waals surface area contributed by atoms with Gasteiger partial charge in [0.15, 0.2) is 5.78 Å². The van der Waals surface area contributed by atoms with E-state index in [2.05, 4.69) is 0 Å². The number of ketones is 1. The van der Waals surface area contributed by atoms with Crippen LogP contribution in [0.25, 0.3) is 0 Å². The van der Waals surface area contributed by atoms with E-state index in [0.717, 1.165) is 34.7 Å². The van der Waals surface area contributed by atoms with E-state index in [9.17, 15) is 18.8 Å². The van der Waals surface area contributed by atoms with Gasteiger partial charge in [0.2, 0.25) is 0 Å². The number of amides is 3. The summed E-state index contributed by atoms with van der Waals surface area (Å²) >= 11 is 0. The summed E-state index contributed by atoms with van der Waals surface area (Å²) in [5, 5.41) is 0. The van der Waals surface area contributed by atoms with Crippen LogP contribution in [-0.2, 0) is 11.3 Å². The van der Waals surface area contributed by atoms with Crippen LogP contribution in [0.5, 0.6) is 0 Å². The number of benzene rings is 1. The van der Waals surface area contributed by atoms with Crippen LogP contribution in [0.1, 0.15) is 40.2 Å². The van der Waals surface area contributed by atoms with Crippen molar-refractivity contribution in [2.75, 3.05) is 13.1 Å². The van der Waals surface area contributed by atoms with Gasteiger partial charge >= 0.3 is 6.03 Å². The molecular formula is C21H22FN3O3. The molecule has 2 heterocycles. The van der Waals surface area contributed by atoms with Gasteiger partial charge in [0, 0.05) is 29.5 Å². The number of urea groups is 1. The van der Waals surface area contributed by atoms with Crippen LogP contribution in [0.2, 0.25) is 0 Å². The van der Waals surface area contributed by atoms with Gasteiger partial charge in [-0.3, -0.25) is 14.5 Å². The second-order valence-electron chi connectivity index (χ2n) is 7.54. The number of carbonyl (C=O) groups excluding carboxylic acids is 3. The van der Waals surface area contributed by atoms with Gasteiger partial charge in [-0.15, -0.1) is 0 Å². The Morgan fingerprint density at radius 3 is 2.46 bits per heavy atom. The van der Waals surface area contributed by atoms with Crippen molar-refractivity contribution in [2.24, 2.45) is 0 Å². The van der Waals surface area contributed by atoms with Gasteiger partial charge in [0.05, 0.1) is 6.54 Å². The lowest BCUT2D eigenvalue weighted by molar-refractivity contribution is -0.125. The SMILES string of the molecule is Cc1cc(C(=O)CN2C(=O)CN(C3CC3)C2=O)c(C)n1Cc1ccc(F)cc1. The van der Waals surface area contributed by atoms with Crippen LogP contribution in [0, 0.1) is 19.7 Å². The van der Waals surface area contributed by atoms with E-state index in [1.165, 1.54) is 12.1 Å². The quantitative estimate of drug-likeness (QED) is 0.569. The molecule has 0 bridgehead atoms. The Morgan fingerprint density at radius 2 is 1.82 bits per heavy atom. The van der Waals surface area contributed by atoms with Crippen LogP contribution in [0.15, 0.2) is 30.3 Å². The molecule has 146 valence electrons. The van der Waals surface area contributed by atoms with Gasteiger partial charge in [-0.1, -0.05) is 12.1 Å². The zero-order valence-corrected chi connectivity index (χ0v) is 15.9. The molecule has 6 nitrogen and oxygen atoms in total. The second kappa shape index (κ2) is 6.89. The highest BCUT2D eigenvalue weighted by atomic mass is 19.1. The molecule has 1 aliphatic carbocycles. The van der Waals surface area contributed by atoms with Gasteiger partial charge in [-0.25, -0.2) is 9.18 Å². The first-order valence-electron chi connectivity index (χ1n) is 9.40. The molecular weight excluding hydrogens is 361 g/mol. The number of imide groups is 1. The maximum atomic E-state index is 13.1. The molecule has 2 aliphatic rings. The van der Waals surface area contributed by atoms with Gasteiger partial charge in [-0.2, -0.15) is 0 Å². The van der Waals surface area contributed by atoms with Crippen molar-refractivity contribution >= 4 is 17.7 Å².